The van der Waals surface area contributed by atoms with Crippen LogP contribution in [0.25, 0.3) is 0 Å². The van der Waals surface area contributed by atoms with E-state index in [0.29, 0.717) is 35.0 Å². The third kappa shape index (κ3) is 7.18. The summed E-state index contributed by atoms with van der Waals surface area (Å²) in [6, 6.07) is 19.0. The number of piperazine rings is 1. The molecule has 0 spiro atoms. The zero-order valence-corrected chi connectivity index (χ0v) is 34.7. The summed E-state index contributed by atoms with van der Waals surface area (Å²) in [5.74, 6) is -1.06. The molecule has 4 heterocycles. The largest absolute Gasteiger partial charge is 0.489 e. The van der Waals surface area contributed by atoms with Crippen LogP contribution in [0.4, 0.5) is 11.4 Å². The van der Waals surface area contributed by atoms with Crippen molar-refractivity contribution in [2.24, 2.45) is 10.8 Å². The lowest BCUT2D eigenvalue weighted by Gasteiger charge is -2.63. The Morgan fingerprint density at radius 1 is 0.898 bits per heavy atom. The van der Waals surface area contributed by atoms with Crippen LogP contribution in [0.5, 0.6) is 5.75 Å². The fourth-order valence-electron chi connectivity index (χ4n) is 10.1. The predicted molar refractivity (Wildman–Crippen MR) is 221 cm³/mol. The number of aliphatic hydroxyl groups excluding tert-OH is 1. The number of fused-ring (bicyclic) bond motifs is 1. The molecule has 1 aliphatic carbocycles. The van der Waals surface area contributed by atoms with Crippen LogP contribution in [-0.2, 0) is 9.53 Å². The number of aliphatic hydroxyl groups is 1. The number of anilines is 2. The van der Waals surface area contributed by atoms with Crippen LogP contribution < -0.4 is 25.2 Å². The Balaban J connectivity index is 0.821. The Morgan fingerprint density at radius 3 is 2.19 bits per heavy atom. The van der Waals surface area contributed by atoms with Crippen molar-refractivity contribution in [1.29, 1.82) is 5.26 Å². The first kappa shape index (κ1) is 40.6. The second-order valence-electron chi connectivity index (χ2n) is 17.7. The summed E-state index contributed by atoms with van der Waals surface area (Å²) < 4.78 is 12.5. The highest BCUT2D eigenvalue weighted by atomic mass is 35.5. The van der Waals surface area contributed by atoms with Gasteiger partial charge >= 0.3 is 0 Å². The fourth-order valence-corrected chi connectivity index (χ4v) is 10.3. The molecule has 1 saturated carbocycles. The summed E-state index contributed by atoms with van der Waals surface area (Å²) in [6.07, 6.45) is -0.690. The van der Waals surface area contributed by atoms with E-state index in [1.165, 1.54) is 0 Å². The molecule has 3 N–H and O–H groups in total. The smallest absolute Gasteiger partial charge is 0.262 e. The molecule has 0 bridgehead atoms. The van der Waals surface area contributed by atoms with Gasteiger partial charge in [-0.3, -0.25) is 29.0 Å². The van der Waals surface area contributed by atoms with Crippen molar-refractivity contribution in [3.63, 3.8) is 0 Å². The number of nitrogens with zero attached hydrogens (tertiary/aromatic N) is 5. The highest BCUT2D eigenvalue weighted by molar-refractivity contribution is 6.31. The number of methoxy groups -OCH3 is 1. The molecule has 2 unspecified atom stereocenters. The van der Waals surface area contributed by atoms with E-state index in [2.05, 4.69) is 59.1 Å². The Labute approximate surface area is 349 Å². The number of imide groups is 1. The summed E-state index contributed by atoms with van der Waals surface area (Å²) in [4.78, 5) is 60.5. The number of hydrogen-bond acceptors (Lipinski definition) is 11. The number of carbonyl (C=O) groups is 4. The van der Waals surface area contributed by atoms with Gasteiger partial charge in [-0.1, -0.05) is 39.3 Å². The molecule has 0 aromatic heterocycles. The lowest BCUT2D eigenvalue weighted by Crippen LogP contribution is -2.74. The maximum atomic E-state index is 13.5. The summed E-state index contributed by atoms with van der Waals surface area (Å²) in [6.45, 7) is 13.6. The number of amides is 4. The zero-order chi connectivity index (χ0) is 42.0. The van der Waals surface area contributed by atoms with E-state index in [1.54, 1.807) is 37.4 Å². The van der Waals surface area contributed by atoms with Gasteiger partial charge in [0.1, 0.15) is 35.8 Å². The number of hydrogen-bond donors (Lipinski definition) is 3. The Bertz CT molecular complexity index is 2210. The van der Waals surface area contributed by atoms with Crippen molar-refractivity contribution in [3.8, 4) is 11.8 Å². The van der Waals surface area contributed by atoms with Gasteiger partial charge in [0, 0.05) is 79.7 Å². The highest BCUT2D eigenvalue weighted by Gasteiger charge is 2.64. The van der Waals surface area contributed by atoms with Gasteiger partial charge in [0.2, 0.25) is 5.91 Å². The van der Waals surface area contributed by atoms with Gasteiger partial charge in [-0.25, -0.2) is 0 Å². The van der Waals surface area contributed by atoms with E-state index in [9.17, 15) is 29.5 Å². The van der Waals surface area contributed by atoms with Crippen LogP contribution in [0, 0.1) is 22.2 Å². The van der Waals surface area contributed by atoms with Gasteiger partial charge in [-0.15, -0.1) is 0 Å². The summed E-state index contributed by atoms with van der Waals surface area (Å²) in [7, 11) is 1.73. The van der Waals surface area contributed by atoms with Crippen molar-refractivity contribution in [3.05, 3.63) is 87.9 Å². The number of carbonyl (C=O) groups excluding carboxylic acids is 4. The molecule has 310 valence electrons. The van der Waals surface area contributed by atoms with Gasteiger partial charge in [-0.05, 0) is 67.4 Å². The van der Waals surface area contributed by atoms with Crippen LogP contribution in [0.1, 0.15) is 77.2 Å². The van der Waals surface area contributed by atoms with Crippen LogP contribution in [0.3, 0.4) is 0 Å². The quantitative estimate of drug-likeness (QED) is 0.253. The van der Waals surface area contributed by atoms with Crippen molar-refractivity contribution < 1.29 is 33.8 Å². The SMILES string of the molecule is COC1(CN2CCN(c3ccc(C(=O)NC4C(C)(C)C(Oc5ccc(C#N)c(Cl)c5)C4(C)C)cc3)CC2)CN(c2ccc3c(c2)C(=O)N(C2CCC(O)NC2=O)C3=O)C1. The van der Waals surface area contributed by atoms with Crippen molar-refractivity contribution in [1.82, 2.24) is 20.4 Å². The van der Waals surface area contributed by atoms with Crippen molar-refractivity contribution >= 4 is 46.6 Å². The van der Waals surface area contributed by atoms with Gasteiger partial charge in [-0.2, -0.15) is 5.26 Å². The molecular formula is C44H50ClN7O7. The third-order valence-corrected chi connectivity index (χ3v) is 13.4. The molecule has 3 aromatic carbocycles. The van der Waals surface area contributed by atoms with Gasteiger partial charge < -0.3 is 35.0 Å². The minimum atomic E-state index is -0.975. The number of benzene rings is 3. The van der Waals surface area contributed by atoms with Crippen molar-refractivity contribution in [2.75, 3.05) is 62.7 Å². The van der Waals surface area contributed by atoms with Crippen LogP contribution in [-0.4, -0.2) is 121 Å². The minimum absolute atomic E-state index is 0.135. The minimum Gasteiger partial charge on any atom is -0.489 e. The van der Waals surface area contributed by atoms with E-state index in [0.717, 1.165) is 49.0 Å². The molecule has 14 nitrogen and oxygen atoms in total. The van der Waals surface area contributed by atoms with Gasteiger partial charge in [0.25, 0.3) is 17.7 Å². The van der Waals surface area contributed by atoms with Gasteiger partial charge in [0.05, 0.1) is 34.8 Å². The van der Waals surface area contributed by atoms with Gasteiger partial charge in [0.15, 0.2) is 0 Å². The fraction of sp³-hybridized carbons (Fsp3) is 0.477. The predicted octanol–water partition coefficient (Wildman–Crippen LogP) is 4.04. The van der Waals surface area contributed by atoms with E-state index < -0.39 is 35.6 Å². The average Bonchev–Trinajstić information content (AvgIpc) is 3.45. The number of nitriles is 1. The van der Waals surface area contributed by atoms with E-state index in [1.807, 2.05) is 30.3 Å². The van der Waals surface area contributed by atoms with E-state index in [-0.39, 0.29) is 52.9 Å². The third-order valence-electron chi connectivity index (χ3n) is 13.1. The summed E-state index contributed by atoms with van der Waals surface area (Å²) >= 11 is 6.25. The van der Waals surface area contributed by atoms with Crippen LogP contribution >= 0.6 is 11.6 Å². The number of halogens is 1. The molecule has 59 heavy (non-hydrogen) atoms. The highest BCUT2D eigenvalue weighted by Crippen LogP contribution is 2.55. The molecule has 0 radical (unpaired) electrons. The first-order valence-corrected chi connectivity index (χ1v) is 20.5. The normalized spacial score (nSPS) is 25.7. The number of ether oxygens (including phenoxy) is 2. The number of piperidine rings is 1. The number of nitrogens with one attached hydrogen (secondary N) is 2. The van der Waals surface area contributed by atoms with Crippen LogP contribution in [0.15, 0.2) is 60.7 Å². The lowest BCUT2D eigenvalue weighted by molar-refractivity contribution is -0.164. The molecule has 4 fully saturated rings. The molecule has 4 amide bonds. The molecule has 4 aliphatic heterocycles. The Hall–Kier alpha value is -5.20. The maximum Gasteiger partial charge on any atom is 0.262 e. The van der Waals surface area contributed by atoms with E-state index >= 15 is 0 Å². The molecule has 15 heteroatoms. The molecule has 8 rings (SSSR count). The second kappa shape index (κ2) is 15.1. The molecule has 2 atom stereocenters. The number of rotatable bonds is 10. The van der Waals surface area contributed by atoms with E-state index in [4.69, 9.17) is 21.1 Å². The standard InChI is InChI=1S/C44H50ClN7O7/c1-42(2)40(43(3,4)41(42)59-30-12-8-27(22-46)33(45)21-30)48-36(54)26-6-9-28(10-7-26)50-18-16-49(17-19-50)23-44(58-5)24-51(25-44)29-11-13-31-32(20-29)39(57)52(38(31)56)34-14-15-35(53)47-37(34)55/h6-13,20-21,34-35,40-41,53H,14-19,23-25H2,1-5H3,(H,47,55)(H,48,54). The molecular weight excluding hydrogens is 774 g/mol. The maximum absolute atomic E-state index is 13.5. The first-order valence-electron chi connectivity index (χ1n) is 20.1. The summed E-state index contributed by atoms with van der Waals surface area (Å²) in [5.41, 5.74) is 2.29. The average molecular weight is 824 g/mol. The van der Waals surface area contributed by atoms with Crippen molar-refractivity contribution in [2.45, 2.75) is 70.6 Å². The Morgan fingerprint density at radius 2 is 1.56 bits per heavy atom. The molecule has 5 aliphatic rings. The lowest BCUT2D eigenvalue weighted by atomic mass is 9.49. The Kier molecular flexibility index (Phi) is 10.4. The monoisotopic (exact) mass is 823 g/mol. The molecule has 3 aromatic rings. The topological polar surface area (TPSA) is 168 Å². The first-order chi connectivity index (χ1) is 28.0. The molecule has 3 saturated heterocycles. The summed E-state index contributed by atoms with van der Waals surface area (Å²) in [5, 5.41) is 25.0. The van der Waals surface area contributed by atoms with Crippen LogP contribution in [0.2, 0.25) is 5.02 Å². The second-order valence-corrected chi connectivity index (χ2v) is 18.1. The zero-order valence-electron chi connectivity index (χ0n) is 34.0.